The SMILES string of the molecule is CC1=Cc2c(C3CCCCC3)ccc(C)c2C1. The number of hydrogen-bond acceptors (Lipinski definition) is 0. The molecule has 0 saturated heterocycles. The zero-order chi connectivity index (χ0) is 11.8. The molecule has 17 heavy (non-hydrogen) atoms. The average molecular weight is 226 g/mol. The zero-order valence-electron chi connectivity index (χ0n) is 11.1. The normalized spacial score (nSPS) is 20.2. The number of allylic oxidation sites excluding steroid dienone is 1. The lowest BCUT2D eigenvalue weighted by molar-refractivity contribution is 0.443. The molecule has 0 radical (unpaired) electrons. The van der Waals surface area contributed by atoms with Crippen molar-refractivity contribution >= 4 is 6.08 Å². The summed E-state index contributed by atoms with van der Waals surface area (Å²) in [5.41, 5.74) is 7.83. The van der Waals surface area contributed by atoms with Gasteiger partial charge >= 0.3 is 0 Å². The van der Waals surface area contributed by atoms with Gasteiger partial charge in [-0.05, 0) is 61.3 Å². The maximum atomic E-state index is 2.44. The first-order valence-corrected chi connectivity index (χ1v) is 7.05. The molecule has 1 aromatic carbocycles. The predicted octanol–water partition coefficient (Wildman–Crippen LogP) is 5.00. The Labute approximate surface area is 105 Å². The number of aryl methyl sites for hydroxylation is 1. The second kappa shape index (κ2) is 4.33. The Balaban J connectivity index is 2.02. The van der Waals surface area contributed by atoms with E-state index >= 15 is 0 Å². The molecule has 1 fully saturated rings. The van der Waals surface area contributed by atoms with Gasteiger partial charge in [-0.15, -0.1) is 0 Å². The maximum absolute atomic E-state index is 2.44. The molecule has 90 valence electrons. The number of benzene rings is 1. The van der Waals surface area contributed by atoms with Crippen LogP contribution in [0.2, 0.25) is 0 Å². The van der Waals surface area contributed by atoms with Crippen LogP contribution in [-0.4, -0.2) is 0 Å². The predicted molar refractivity (Wildman–Crippen MR) is 74.4 cm³/mol. The number of rotatable bonds is 1. The second-order valence-electron chi connectivity index (χ2n) is 5.87. The molecule has 0 nitrogen and oxygen atoms in total. The van der Waals surface area contributed by atoms with Gasteiger partial charge in [-0.25, -0.2) is 0 Å². The molecule has 0 aliphatic heterocycles. The minimum Gasteiger partial charge on any atom is -0.0683 e. The van der Waals surface area contributed by atoms with Crippen LogP contribution in [0.5, 0.6) is 0 Å². The summed E-state index contributed by atoms with van der Waals surface area (Å²) in [5.74, 6) is 0.834. The Morgan fingerprint density at radius 3 is 2.53 bits per heavy atom. The molecule has 0 heterocycles. The summed E-state index contributed by atoms with van der Waals surface area (Å²) in [7, 11) is 0. The molecule has 0 heteroatoms. The third kappa shape index (κ3) is 1.94. The van der Waals surface area contributed by atoms with Crippen LogP contribution in [0, 0.1) is 6.92 Å². The third-order valence-corrected chi connectivity index (χ3v) is 4.52. The van der Waals surface area contributed by atoms with Crippen molar-refractivity contribution in [1.29, 1.82) is 0 Å². The van der Waals surface area contributed by atoms with Gasteiger partial charge in [0, 0.05) is 0 Å². The van der Waals surface area contributed by atoms with Gasteiger partial charge in [0.15, 0.2) is 0 Å². The molecule has 0 unspecified atom stereocenters. The summed E-state index contributed by atoms with van der Waals surface area (Å²) in [6, 6.07) is 4.74. The van der Waals surface area contributed by atoms with E-state index in [9.17, 15) is 0 Å². The molecule has 0 atom stereocenters. The largest absolute Gasteiger partial charge is 0.0683 e. The molecule has 2 aliphatic carbocycles. The standard InChI is InChI=1S/C17H22/c1-12-10-16-13(2)8-9-15(17(16)11-12)14-6-4-3-5-7-14/h8-9,11,14H,3-7,10H2,1-2H3. The van der Waals surface area contributed by atoms with E-state index in [-0.39, 0.29) is 0 Å². The van der Waals surface area contributed by atoms with E-state index in [1.165, 1.54) is 49.7 Å². The zero-order valence-corrected chi connectivity index (χ0v) is 11.1. The van der Waals surface area contributed by atoms with E-state index in [4.69, 9.17) is 0 Å². The van der Waals surface area contributed by atoms with Gasteiger partial charge in [0.05, 0.1) is 0 Å². The van der Waals surface area contributed by atoms with E-state index in [1.807, 2.05) is 0 Å². The second-order valence-corrected chi connectivity index (χ2v) is 5.87. The molecule has 0 bridgehead atoms. The highest BCUT2D eigenvalue weighted by Gasteiger charge is 2.22. The highest BCUT2D eigenvalue weighted by molar-refractivity contribution is 5.68. The summed E-state index contributed by atoms with van der Waals surface area (Å²) in [6.07, 6.45) is 10.7. The van der Waals surface area contributed by atoms with Gasteiger partial charge in [0.1, 0.15) is 0 Å². The minimum absolute atomic E-state index is 0.834. The first kappa shape index (κ1) is 11.1. The molecule has 3 rings (SSSR count). The molecule has 0 spiro atoms. The summed E-state index contributed by atoms with van der Waals surface area (Å²) in [4.78, 5) is 0. The Morgan fingerprint density at radius 1 is 1.00 bits per heavy atom. The van der Waals surface area contributed by atoms with E-state index in [0.29, 0.717) is 0 Å². The van der Waals surface area contributed by atoms with Crippen molar-refractivity contribution in [3.8, 4) is 0 Å². The van der Waals surface area contributed by atoms with Crippen LogP contribution in [0.1, 0.15) is 67.2 Å². The first-order chi connectivity index (χ1) is 8.25. The van der Waals surface area contributed by atoms with Crippen LogP contribution in [0.4, 0.5) is 0 Å². The Morgan fingerprint density at radius 2 is 1.76 bits per heavy atom. The fraction of sp³-hybridized carbons (Fsp3) is 0.529. The number of hydrogen-bond donors (Lipinski definition) is 0. The fourth-order valence-electron chi connectivity index (χ4n) is 3.54. The van der Waals surface area contributed by atoms with Crippen LogP contribution in [-0.2, 0) is 6.42 Å². The van der Waals surface area contributed by atoms with Crippen molar-refractivity contribution in [1.82, 2.24) is 0 Å². The lowest BCUT2D eigenvalue weighted by Crippen LogP contribution is -2.07. The quantitative estimate of drug-likeness (QED) is 0.632. The van der Waals surface area contributed by atoms with Crippen molar-refractivity contribution in [2.75, 3.05) is 0 Å². The van der Waals surface area contributed by atoms with Gasteiger partial charge in [-0.1, -0.05) is 43.0 Å². The summed E-state index contributed by atoms with van der Waals surface area (Å²) < 4.78 is 0. The number of fused-ring (bicyclic) bond motifs is 1. The van der Waals surface area contributed by atoms with Gasteiger partial charge in [-0.2, -0.15) is 0 Å². The molecule has 1 aromatic rings. The van der Waals surface area contributed by atoms with Gasteiger partial charge < -0.3 is 0 Å². The Kier molecular flexibility index (Phi) is 2.82. The summed E-state index contributed by atoms with van der Waals surface area (Å²) in [5, 5.41) is 0. The molecule has 0 amide bonds. The summed E-state index contributed by atoms with van der Waals surface area (Å²) in [6.45, 7) is 4.53. The van der Waals surface area contributed by atoms with Crippen LogP contribution in [0.25, 0.3) is 6.08 Å². The highest BCUT2D eigenvalue weighted by atomic mass is 14.3. The van der Waals surface area contributed by atoms with Gasteiger partial charge in [0.25, 0.3) is 0 Å². The molecule has 1 saturated carbocycles. The van der Waals surface area contributed by atoms with E-state index in [1.54, 1.807) is 16.7 Å². The third-order valence-electron chi connectivity index (χ3n) is 4.52. The van der Waals surface area contributed by atoms with Crippen LogP contribution in [0.15, 0.2) is 17.7 Å². The van der Waals surface area contributed by atoms with Crippen molar-refractivity contribution < 1.29 is 0 Å². The van der Waals surface area contributed by atoms with Crippen LogP contribution >= 0.6 is 0 Å². The molecule has 0 aromatic heterocycles. The van der Waals surface area contributed by atoms with E-state index < -0.39 is 0 Å². The maximum Gasteiger partial charge on any atom is -0.00579 e. The van der Waals surface area contributed by atoms with Crippen molar-refractivity contribution in [2.45, 2.75) is 58.3 Å². The Bertz CT molecular complexity index is 459. The van der Waals surface area contributed by atoms with E-state index in [2.05, 4.69) is 32.1 Å². The minimum atomic E-state index is 0.834. The van der Waals surface area contributed by atoms with Crippen LogP contribution in [0.3, 0.4) is 0 Å². The molecule has 2 aliphatic rings. The monoisotopic (exact) mass is 226 g/mol. The van der Waals surface area contributed by atoms with Crippen molar-refractivity contribution in [3.63, 3.8) is 0 Å². The van der Waals surface area contributed by atoms with Gasteiger partial charge in [-0.3, -0.25) is 0 Å². The van der Waals surface area contributed by atoms with Gasteiger partial charge in [0.2, 0.25) is 0 Å². The topological polar surface area (TPSA) is 0 Å². The molecular formula is C17H22. The lowest BCUT2D eigenvalue weighted by atomic mass is 9.81. The van der Waals surface area contributed by atoms with Crippen molar-refractivity contribution in [3.05, 3.63) is 40.0 Å². The summed E-state index contributed by atoms with van der Waals surface area (Å²) >= 11 is 0. The van der Waals surface area contributed by atoms with Crippen molar-refractivity contribution in [2.24, 2.45) is 0 Å². The van der Waals surface area contributed by atoms with Crippen LogP contribution < -0.4 is 0 Å². The smallest absolute Gasteiger partial charge is 0.00579 e. The first-order valence-electron chi connectivity index (χ1n) is 7.05. The average Bonchev–Trinajstić information content (AvgIpc) is 2.73. The lowest BCUT2D eigenvalue weighted by Gasteiger charge is -2.24. The Hall–Kier alpha value is -1.04. The molecular weight excluding hydrogens is 204 g/mol. The highest BCUT2D eigenvalue weighted by Crippen LogP contribution is 2.39. The fourth-order valence-corrected chi connectivity index (χ4v) is 3.54. The molecule has 0 N–H and O–H groups in total. The van der Waals surface area contributed by atoms with E-state index in [0.717, 1.165) is 5.92 Å².